The molecular formula is C11H10Cl2O3. The van der Waals surface area contributed by atoms with E-state index in [9.17, 15) is 9.59 Å². The maximum atomic E-state index is 11.5. The second-order valence-electron chi connectivity index (χ2n) is 3.19. The van der Waals surface area contributed by atoms with Crippen molar-refractivity contribution < 1.29 is 14.3 Å². The van der Waals surface area contributed by atoms with Gasteiger partial charge in [0, 0.05) is 5.56 Å². The molecule has 3 nitrogen and oxygen atoms in total. The maximum absolute atomic E-state index is 11.5. The van der Waals surface area contributed by atoms with Gasteiger partial charge < -0.3 is 4.74 Å². The van der Waals surface area contributed by atoms with Gasteiger partial charge in [0.15, 0.2) is 10.6 Å². The highest BCUT2D eigenvalue weighted by molar-refractivity contribution is 6.55. The van der Waals surface area contributed by atoms with Gasteiger partial charge in [0.05, 0.1) is 12.7 Å². The number of hydrogen-bond acceptors (Lipinski definition) is 3. The van der Waals surface area contributed by atoms with Crippen LogP contribution in [0.2, 0.25) is 0 Å². The predicted octanol–water partition coefficient (Wildman–Crippen LogP) is 2.77. The van der Waals surface area contributed by atoms with Crippen molar-refractivity contribution >= 4 is 35.0 Å². The zero-order valence-electron chi connectivity index (χ0n) is 8.79. The number of ether oxygens (including phenoxy) is 1. The van der Waals surface area contributed by atoms with E-state index in [-0.39, 0.29) is 5.78 Å². The van der Waals surface area contributed by atoms with Gasteiger partial charge in [0.25, 0.3) is 0 Å². The van der Waals surface area contributed by atoms with E-state index in [4.69, 9.17) is 23.2 Å². The van der Waals surface area contributed by atoms with E-state index < -0.39 is 10.8 Å². The Morgan fingerprint density at radius 1 is 1.31 bits per heavy atom. The fourth-order valence-corrected chi connectivity index (χ4v) is 1.54. The van der Waals surface area contributed by atoms with Crippen LogP contribution in [-0.2, 0) is 4.74 Å². The number of benzene rings is 1. The Hall–Kier alpha value is -1.06. The van der Waals surface area contributed by atoms with Crippen molar-refractivity contribution in [3.05, 3.63) is 34.9 Å². The van der Waals surface area contributed by atoms with Crippen molar-refractivity contribution in [1.29, 1.82) is 0 Å². The van der Waals surface area contributed by atoms with Crippen LogP contribution in [0.3, 0.4) is 0 Å². The van der Waals surface area contributed by atoms with Crippen LogP contribution in [0.4, 0.5) is 0 Å². The predicted molar refractivity (Wildman–Crippen MR) is 62.3 cm³/mol. The van der Waals surface area contributed by atoms with Crippen LogP contribution >= 0.6 is 23.2 Å². The van der Waals surface area contributed by atoms with Crippen LogP contribution in [0.1, 0.15) is 26.3 Å². The first kappa shape index (κ1) is 13.0. The number of methoxy groups -OCH3 is 1. The Kier molecular flexibility index (Phi) is 4.33. The van der Waals surface area contributed by atoms with Crippen molar-refractivity contribution in [3.8, 4) is 0 Å². The molecule has 0 saturated carbocycles. The first-order valence-corrected chi connectivity index (χ1v) is 5.36. The van der Waals surface area contributed by atoms with Crippen molar-refractivity contribution in [2.24, 2.45) is 0 Å². The minimum atomic E-state index is -1.09. The van der Waals surface area contributed by atoms with E-state index >= 15 is 0 Å². The zero-order chi connectivity index (χ0) is 12.3. The number of ketones is 1. The van der Waals surface area contributed by atoms with E-state index in [0.717, 1.165) is 0 Å². The molecule has 0 aliphatic heterocycles. The summed E-state index contributed by atoms with van der Waals surface area (Å²) >= 11 is 11.0. The Balaban J connectivity index is 3.10. The maximum Gasteiger partial charge on any atom is 0.337 e. The lowest BCUT2D eigenvalue weighted by Gasteiger charge is -2.07. The van der Waals surface area contributed by atoms with Crippen molar-refractivity contribution in [3.63, 3.8) is 0 Å². The quantitative estimate of drug-likeness (QED) is 0.477. The molecule has 0 atom stereocenters. The van der Waals surface area contributed by atoms with Gasteiger partial charge in [-0.05, 0) is 24.6 Å². The van der Waals surface area contributed by atoms with E-state index in [1.54, 1.807) is 13.0 Å². The highest BCUT2D eigenvalue weighted by Crippen LogP contribution is 2.17. The third kappa shape index (κ3) is 2.74. The van der Waals surface area contributed by atoms with Gasteiger partial charge in [-0.1, -0.05) is 29.3 Å². The first-order valence-electron chi connectivity index (χ1n) is 4.48. The molecule has 0 radical (unpaired) electrons. The molecule has 0 aliphatic rings. The molecule has 1 aromatic carbocycles. The molecule has 1 aromatic rings. The summed E-state index contributed by atoms with van der Waals surface area (Å²) in [4.78, 5) is 21.7. The Morgan fingerprint density at radius 3 is 2.38 bits per heavy atom. The van der Waals surface area contributed by atoms with Gasteiger partial charge in [-0.15, -0.1) is 0 Å². The number of halogens is 2. The van der Waals surface area contributed by atoms with Crippen LogP contribution in [0.5, 0.6) is 0 Å². The van der Waals surface area contributed by atoms with Crippen molar-refractivity contribution in [2.45, 2.75) is 11.8 Å². The highest BCUT2D eigenvalue weighted by Gasteiger charge is 2.17. The van der Waals surface area contributed by atoms with Crippen molar-refractivity contribution in [1.82, 2.24) is 0 Å². The molecule has 0 N–H and O–H groups in total. The zero-order valence-corrected chi connectivity index (χ0v) is 10.3. The number of hydrogen-bond donors (Lipinski definition) is 0. The second-order valence-corrected chi connectivity index (χ2v) is 4.28. The van der Waals surface area contributed by atoms with Crippen LogP contribution in [0.15, 0.2) is 18.2 Å². The molecular weight excluding hydrogens is 251 g/mol. The molecule has 0 aromatic heterocycles. The molecule has 0 aliphatic carbocycles. The van der Waals surface area contributed by atoms with Gasteiger partial charge in [-0.25, -0.2) is 4.79 Å². The number of Topliss-reactive ketones (excluding diaryl/α,β-unsaturated/α-hetero) is 1. The number of aryl methyl sites for hydroxylation is 1. The smallest absolute Gasteiger partial charge is 0.337 e. The summed E-state index contributed by atoms with van der Waals surface area (Å²) < 4.78 is 4.56. The number of esters is 1. The Morgan fingerprint density at radius 2 is 1.94 bits per heavy atom. The lowest BCUT2D eigenvalue weighted by molar-refractivity contribution is 0.0600. The van der Waals surface area contributed by atoms with E-state index in [1.807, 2.05) is 0 Å². The standard InChI is InChI=1S/C11H10Cl2O3/c1-6-5-7(11(15)16-2)3-4-8(6)9(14)10(12)13/h3-5,10H,1-2H3. The lowest BCUT2D eigenvalue weighted by Crippen LogP contribution is -2.11. The topological polar surface area (TPSA) is 43.4 Å². The van der Waals surface area contributed by atoms with Crippen LogP contribution in [-0.4, -0.2) is 23.7 Å². The lowest BCUT2D eigenvalue weighted by atomic mass is 10.0. The van der Waals surface area contributed by atoms with E-state index in [1.165, 1.54) is 19.2 Å². The summed E-state index contributed by atoms with van der Waals surface area (Å²) in [5.74, 6) is -0.826. The van der Waals surface area contributed by atoms with Crippen molar-refractivity contribution in [2.75, 3.05) is 7.11 Å². The second kappa shape index (κ2) is 5.32. The monoisotopic (exact) mass is 260 g/mol. The molecule has 1 rings (SSSR count). The summed E-state index contributed by atoms with van der Waals surface area (Å²) in [5, 5.41) is 0. The van der Waals surface area contributed by atoms with Crippen LogP contribution in [0, 0.1) is 6.92 Å². The third-order valence-electron chi connectivity index (χ3n) is 2.11. The van der Waals surface area contributed by atoms with Gasteiger partial charge in [0.2, 0.25) is 0 Å². The highest BCUT2D eigenvalue weighted by atomic mass is 35.5. The molecule has 5 heteroatoms. The first-order chi connectivity index (χ1) is 7.47. The van der Waals surface area contributed by atoms with Gasteiger partial charge in [0.1, 0.15) is 0 Å². The van der Waals surface area contributed by atoms with Gasteiger partial charge in [-0.2, -0.15) is 0 Å². The minimum absolute atomic E-state index is 0.378. The Labute approximate surface area is 103 Å². The number of rotatable bonds is 3. The fraction of sp³-hybridized carbons (Fsp3) is 0.273. The SMILES string of the molecule is COC(=O)c1ccc(C(=O)C(Cl)Cl)c(C)c1. The molecule has 16 heavy (non-hydrogen) atoms. The molecule has 86 valence electrons. The van der Waals surface area contributed by atoms with Gasteiger partial charge >= 0.3 is 5.97 Å². The molecule has 0 bridgehead atoms. The van der Waals surface area contributed by atoms with E-state index in [2.05, 4.69) is 4.74 Å². The molecule has 0 fully saturated rings. The third-order valence-corrected chi connectivity index (χ3v) is 2.51. The summed E-state index contributed by atoms with van der Waals surface area (Å²) in [7, 11) is 1.30. The molecule has 0 amide bonds. The number of alkyl halides is 2. The summed E-state index contributed by atoms with van der Waals surface area (Å²) in [6.45, 7) is 1.70. The molecule has 0 heterocycles. The Bertz CT molecular complexity index is 427. The van der Waals surface area contributed by atoms with Gasteiger partial charge in [-0.3, -0.25) is 4.79 Å². The average Bonchev–Trinajstić information content (AvgIpc) is 2.26. The molecule has 0 unspecified atom stereocenters. The average molecular weight is 261 g/mol. The number of carbonyl (C=O) groups is 2. The largest absolute Gasteiger partial charge is 0.465 e. The normalized spacial score (nSPS) is 10.3. The summed E-state index contributed by atoms with van der Waals surface area (Å²) in [6, 6.07) is 4.58. The number of carbonyl (C=O) groups excluding carboxylic acids is 2. The summed E-state index contributed by atoms with van der Waals surface area (Å²) in [5.41, 5.74) is 1.43. The summed E-state index contributed by atoms with van der Waals surface area (Å²) in [6.07, 6.45) is 0. The molecule has 0 saturated heterocycles. The van der Waals surface area contributed by atoms with E-state index in [0.29, 0.717) is 16.7 Å². The fourth-order valence-electron chi connectivity index (χ4n) is 1.30. The minimum Gasteiger partial charge on any atom is -0.465 e. The molecule has 0 spiro atoms. The van der Waals surface area contributed by atoms with Crippen LogP contribution in [0.25, 0.3) is 0 Å². The van der Waals surface area contributed by atoms with Crippen LogP contribution < -0.4 is 0 Å².